The van der Waals surface area contributed by atoms with E-state index < -0.39 is 5.60 Å². The van der Waals surface area contributed by atoms with E-state index in [1.807, 2.05) is 36.4 Å². The predicted molar refractivity (Wildman–Crippen MR) is 165 cm³/mol. The van der Waals surface area contributed by atoms with Crippen LogP contribution in [-0.4, -0.2) is 18.3 Å². The first kappa shape index (κ1) is 30.6. The van der Waals surface area contributed by atoms with Gasteiger partial charge in [0, 0.05) is 27.7 Å². The monoisotopic (exact) mass is 544 g/mol. The summed E-state index contributed by atoms with van der Waals surface area (Å²) < 4.78 is 18.2. The third-order valence-corrected chi connectivity index (χ3v) is 9.65. The number of hydrogen-bond donors (Lipinski definition) is 0. The molecule has 0 spiro atoms. The zero-order chi connectivity index (χ0) is 29.1. The lowest BCUT2D eigenvalue weighted by Gasteiger charge is -2.42. The molecule has 0 heterocycles. The van der Waals surface area contributed by atoms with Gasteiger partial charge in [-0.15, -0.1) is 0 Å². The van der Waals surface area contributed by atoms with E-state index in [0.717, 1.165) is 27.7 Å². The fraction of sp³-hybridized carbons (Fsp3) is 0.371. The van der Waals surface area contributed by atoms with Gasteiger partial charge in [0.15, 0.2) is 0 Å². The second-order valence-electron chi connectivity index (χ2n) is 12.0. The van der Waals surface area contributed by atoms with E-state index in [-0.39, 0.29) is 16.4 Å². The first-order valence-corrected chi connectivity index (χ1v) is 14.2. The number of benzene rings is 3. The maximum atomic E-state index is 6.34. The lowest BCUT2D eigenvalue weighted by Crippen LogP contribution is -2.45. The molecule has 0 fully saturated rings. The standard InChI is InChI=1S/C35H44O3S/c1-12-25(2)32(3,4)35(9,10)38-29-17-15-27(16-18-29)37-28-19-23-31(24-20-28)39-30-21-13-26(14-22-30)33(5,6)34(7,8)36-11/h12-24H,1-2H2,3-11H3. The first-order chi connectivity index (χ1) is 18.1. The largest absolute Gasteiger partial charge is 0.487 e. The van der Waals surface area contributed by atoms with Crippen LogP contribution in [0.5, 0.6) is 17.2 Å². The molecule has 0 radical (unpaired) electrons. The van der Waals surface area contributed by atoms with Crippen molar-refractivity contribution < 1.29 is 14.2 Å². The Bertz CT molecular complexity index is 1260. The Kier molecular flexibility index (Phi) is 9.14. The van der Waals surface area contributed by atoms with Gasteiger partial charge >= 0.3 is 0 Å². The van der Waals surface area contributed by atoms with Crippen LogP contribution in [0.4, 0.5) is 0 Å². The third kappa shape index (κ3) is 6.80. The van der Waals surface area contributed by atoms with Crippen molar-refractivity contribution in [3.63, 3.8) is 0 Å². The highest BCUT2D eigenvalue weighted by Gasteiger charge is 2.40. The number of allylic oxidation sites excluding steroid dienone is 1. The lowest BCUT2D eigenvalue weighted by molar-refractivity contribution is -0.0342. The van der Waals surface area contributed by atoms with Crippen LogP contribution in [0.25, 0.3) is 0 Å². The molecule has 0 saturated carbocycles. The molecule has 0 saturated heterocycles. The molecule has 0 atom stereocenters. The van der Waals surface area contributed by atoms with Gasteiger partial charge in [-0.05, 0) is 99.5 Å². The normalized spacial score (nSPS) is 12.6. The molecule has 39 heavy (non-hydrogen) atoms. The zero-order valence-electron chi connectivity index (χ0n) is 25.1. The van der Waals surface area contributed by atoms with E-state index in [4.69, 9.17) is 14.2 Å². The van der Waals surface area contributed by atoms with Crippen LogP contribution in [0, 0.1) is 5.41 Å². The predicted octanol–water partition coefficient (Wildman–Crippen LogP) is 10.3. The molecule has 3 nitrogen and oxygen atoms in total. The molecule has 0 aliphatic heterocycles. The van der Waals surface area contributed by atoms with Crippen molar-refractivity contribution in [3.8, 4) is 17.2 Å². The van der Waals surface area contributed by atoms with Crippen LogP contribution in [0.3, 0.4) is 0 Å². The van der Waals surface area contributed by atoms with E-state index in [2.05, 4.69) is 105 Å². The van der Waals surface area contributed by atoms with Crippen molar-refractivity contribution in [2.45, 2.75) is 81.8 Å². The summed E-state index contributed by atoms with van der Waals surface area (Å²) in [7, 11) is 1.77. The van der Waals surface area contributed by atoms with Crippen LogP contribution < -0.4 is 9.47 Å². The smallest absolute Gasteiger partial charge is 0.127 e. The van der Waals surface area contributed by atoms with Crippen molar-refractivity contribution in [2.24, 2.45) is 5.41 Å². The third-order valence-electron chi connectivity index (χ3n) is 8.64. The summed E-state index contributed by atoms with van der Waals surface area (Å²) in [5.74, 6) is 2.33. The van der Waals surface area contributed by atoms with Crippen LogP contribution in [0.2, 0.25) is 0 Å². The van der Waals surface area contributed by atoms with Crippen molar-refractivity contribution in [3.05, 3.63) is 103 Å². The highest BCUT2D eigenvalue weighted by molar-refractivity contribution is 7.99. The number of rotatable bonds is 12. The molecule has 3 rings (SSSR count). The van der Waals surface area contributed by atoms with E-state index in [1.54, 1.807) is 24.9 Å². The van der Waals surface area contributed by atoms with Gasteiger partial charge in [0.25, 0.3) is 0 Å². The van der Waals surface area contributed by atoms with Gasteiger partial charge in [0.1, 0.15) is 22.8 Å². The maximum absolute atomic E-state index is 6.34. The average molecular weight is 545 g/mol. The van der Waals surface area contributed by atoms with Gasteiger partial charge < -0.3 is 14.2 Å². The van der Waals surface area contributed by atoms with Gasteiger partial charge in [0.05, 0.1) is 5.60 Å². The Morgan fingerprint density at radius 2 is 1.10 bits per heavy atom. The van der Waals surface area contributed by atoms with Gasteiger partial charge in [-0.3, -0.25) is 0 Å². The van der Waals surface area contributed by atoms with Gasteiger partial charge in [-0.2, -0.15) is 0 Å². The average Bonchev–Trinajstić information content (AvgIpc) is 2.90. The summed E-state index contributed by atoms with van der Waals surface area (Å²) in [5, 5.41) is 0. The highest BCUT2D eigenvalue weighted by Crippen LogP contribution is 2.41. The van der Waals surface area contributed by atoms with E-state index in [9.17, 15) is 0 Å². The summed E-state index contributed by atoms with van der Waals surface area (Å²) in [6.45, 7) is 25.1. The molecule has 0 aliphatic rings. The second kappa shape index (κ2) is 11.7. The molecular weight excluding hydrogens is 500 g/mol. The minimum absolute atomic E-state index is 0.109. The summed E-state index contributed by atoms with van der Waals surface area (Å²) in [4.78, 5) is 2.35. The second-order valence-corrected chi connectivity index (χ2v) is 13.1. The van der Waals surface area contributed by atoms with E-state index in [0.29, 0.717) is 0 Å². The Hall–Kier alpha value is -2.95. The molecule has 0 N–H and O–H groups in total. The Morgan fingerprint density at radius 3 is 1.56 bits per heavy atom. The Morgan fingerprint density at radius 1 is 0.667 bits per heavy atom. The lowest BCUT2D eigenvalue weighted by atomic mass is 9.72. The zero-order valence-corrected chi connectivity index (χ0v) is 25.9. The molecule has 0 amide bonds. The van der Waals surface area contributed by atoms with Crippen LogP contribution in [-0.2, 0) is 10.2 Å². The summed E-state index contributed by atoms with van der Waals surface area (Å²) >= 11 is 1.73. The van der Waals surface area contributed by atoms with Gasteiger partial charge in [-0.1, -0.05) is 70.8 Å². The molecule has 0 aromatic heterocycles. The highest BCUT2D eigenvalue weighted by atomic mass is 32.2. The van der Waals surface area contributed by atoms with E-state index >= 15 is 0 Å². The topological polar surface area (TPSA) is 27.7 Å². The molecular formula is C35H44O3S. The van der Waals surface area contributed by atoms with Gasteiger partial charge in [0.2, 0.25) is 0 Å². The van der Waals surface area contributed by atoms with Gasteiger partial charge in [-0.25, -0.2) is 0 Å². The molecule has 0 unspecified atom stereocenters. The van der Waals surface area contributed by atoms with Crippen molar-refractivity contribution in [1.29, 1.82) is 0 Å². The molecule has 208 valence electrons. The summed E-state index contributed by atoms with van der Waals surface area (Å²) in [6.07, 6.45) is 1.80. The number of methoxy groups -OCH3 is 1. The molecule has 0 bridgehead atoms. The van der Waals surface area contributed by atoms with Crippen molar-refractivity contribution in [2.75, 3.05) is 7.11 Å². The van der Waals surface area contributed by atoms with Crippen molar-refractivity contribution in [1.82, 2.24) is 0 Å². The Labute approximate surface area is 240 Å². The van der Waals surface area contributed by atoms with E-state index in [1.165, 1.54) is 10.5 Å². The molecule has 4 heteroatoms. The van der Waals surface area contributed by atoms with Crippen LogP contribution >= 0.6 is 11.8 Å². The molecule has 0 aliphatic carbocycles. The SMILES string of the molecule is C=CC(=C)C(C)(C)C(C)(C)Oc1ccc(Oc2ccc(Sc3ccc(C(C)(C)C(C)(C)OC)cc3)cc2)cc1. The minimum Gasteiger partial charge on any atom is -0.487 e. The Balaban J connectivity index is 1.62. The maximum Gasteiger partial charge on any atom is 0.127 e. The fourth-order valence-electron chi connectivity index (χ4n) is 4.03. The molecule has 3 aromatic carbocycles. The quantitative estimate of drug-likeness (QED) is 0.212. The number of hydrogen-bond acceptors (Lipinski definition) is 4. The number of ether oxygens (including phenoxy) is 3. The fourth-order valence-corrected chi connectivity index (χ4v) is 4.85. The summed E-state index contributed by atoms with van der Waals surface area (Å²) in [5.41, 5.74) is 1.09. The van der Waals surface area contributed by atoms with Crippen molar-refractivity contribution >= 4 is 11.8 Å². The summed E-state index contributed by atoms with van der Waals surface area (Å²) in [6, 6.07) is 24.6. The first-order valence-electron chi connectivity index (χ1n) is 13.4. The minimum atomic E-state index is -0.467. The van der Waals surface area contributed by atoms with Crippen LogP contribution in [0.15, 0.2) is 107 Å². The molecule has 3 aromatic rings. The van der Waals surface area contributed by atoms with Crippen LogP contribution in [0.1, 0.15) is 61.0 Å².